The van der Waals surface area contributed by atoms with Gasteiger partial charge in [0.05, 0.1) is 41.8 Å². The summed E-state index contributed by atoms with van der Waals surface area (Å²) in [5, 5.41) is 24.5. The van der Waals surface area contributed by atoms with E-state index in [2.05, 4.69) is 34.8 Å². The summed E-state index contributed by atoms with van der Waals surface area (Å²) in [5.41, 5.74) is 3.98. The number of carbonyl (C=O) groups is 6. The van der Waals surface area contributed by atoms with Crippen molar-refractivity contribution < 1.29 is 57.2 Å². The minimum atomic E-state index is -1.20. The van der Waals surface area contributed by atoms with E-state index in [4.69, 9.17) is 29.0 Å². The minimum absolute atomic E-state index is 0.00249. The monoisotopic (exact) mass is 1150 g/mol. The number of carbonyl (C=O) groups excluding carboxylic acids is 5. The standard InChI is InChI=1S/C61H66FN9O11S/c1-38-43(41-13-15-49(67-53(41)55(76)77)69-22-18-40-44(29-69)42(12-14-45(40)62)54(75)68-56-66-46-9-5-7-11-48(46)83-56)28-65-71(38)37-60-32-58(2)31-59(3,33-60)35-61(34-58,36-60)82-25-21-64-57(78)81-30-39-8-4-6-10-47(39)80-27-26-79-24-20-63-50(72)19-23-70-51(73)16-17-52(70)74/h4-17,28H,18-27,29-37H2,1-3H3,(H,63,72)(H,64,78)(H,76,77)(H,66,68,75). The fraction of sp³-hybridized carbons (Fsp3) is 0.426. The van der Waals surface area contributed by atoms with Crippen LogP contribution in [0.5, 0.6) is 5.75 Å². The lowest BCUT2D eigenvalue weighted by molar-refractivity contribution is -0.247. The predicted molar refractivity (Wildman–Crippen MR) is 305 cm³/mol. The van der Waals surface area contributed by atoms with Crippen molar-refractivity contribution in [3.63, 3.8) is 0 Å². The number of fused-ring (bicyclic) bond motifs is 2. The molecule has 4 aliphatic carbocycles. The first kappa shape index (κ1) is 56.8. The number of carboxylic acid groups (broad SMARTS) is 1. The van der Waals surface area contributed by atoms with Gasteiger partial charge in [-0.05, 0) is 122 Å². The maximum Gasteiger partial charge on any atom is 0.407 e. The number of anilines is 2. The van der Waals surface area contributed by atoms with Gasteiger partial charge in [0.25, 0.3) is 17.7 Å². The van der Waals surface area contributed by atoms with E-state index in [-0.39, 0.29) is 86.9 Å². The van der Waals surface area contributed by atoms with Crippen molar-refractivity contribution in [1.29, 1.82) is 0 Å². The molecule has 6 aromatic rings. The van der Waals surface area contributed by atoms with E-state index in [1.54, 1.807) is 24.4 Å². The minimum Gasteiger partial charge on any atom is -0.491 e. The van der Waals surface area contributed by atoms with Gasteiger partial charge in [0.2, 0.25) is 5.91 Å². The highest BCUT2D eigenvalue weighted by atomic mass is 32.1. The van der Waals surface area contributed by atoms with Gasteiger partial charge in [-0.1, -0.05) is 55.5 Å². The highest BCUT2D eigenvalue weighted by Gasteiger charge is 2.66. The Labute approximate surface area is 482 Å². The molecular weight excluding hydrogens is 1090 g/mol. The van der Waals surface area contributed by atoms with Crippen LogP contribution in [0, 0.1) is 29.0 Å². The third kappa shape index (κ3) is 12.4. The summed E-state index contributed by atoms with van der Waals surface area (Å²) >= 11 is 1.35. The van der Waals surface area contributed by atoms with Crippen LogP contribution in [0.3, 0.4) is 0 Å². The van der Waals surface area contributed by atoms with Gasteiger partial charge < -0.3 is 39.6 Å². The van der Waals surface area contributed by atoms with Crippen molar-refractivity contribution in [3.8, 4) is 16.9 Å². The molecule has 0 saturated heterocycles. The molecule has 2 atom stereocenters. The van der Waals surface area contributed by atoms with Crippen molar-refractivity contribution in [2.24, 2.45) is 16.2 Å². The average Bonchev–Trinajstić information content (AvgIpc) is 2.22. The third-order valence-electron chi connectivity index (χ3n) is 16.7. The summed E-state index contributed by atoms with van der Waals surface area (Å²) < 4.78 is 42.2. The summed E-state index contributed by atoms with van der Waals surface area (Å²) in [5.74, 6) is -2.23. The molecule has 4 fully saturated rings. The lowest BCUT2D eigenvalue weighted by Crippen LogP contribution is -2.64. The molecule has 3 aromatic carbocycles. The number of ether oxygens (including phenoxy) is 4. The second-order valence-corrected chi connectivity index (χ2v) is 24.4. The van der Waals surface area contributed by atoms with Crippen LogP contribution in [0.2, 0.25) is 0 Å². The Morgan fingerprint density at radius 2 is 1.57 bits per heavy atom. The van der Waals surface area contributed by atoms with E-state index in [1.165, 1.54) is 35.6 Å². The highest BCUT2D eigenvalue weighted by molar-refractivity contribution is 7.22. The second-order valence-electron chi connectivity index (χ2n) is 23.4. The number of halogens is 1. The molecule has 2 unspecified atom stereocenters. The first-order valence-corrected chi connectivity index (χ1v) is 28.8. The predicted octanol–water partition coefficient (Wildman–Crippen LogP) is 8.40. The van der Waals surface area contributed by atoms with Gasteiger partial charge in [0, 0.05) is 85.8 Å². The molecule has 5 heterocycles. The molecule has 3 aromatic heterocycles. The number of nitrogens with zero attached hydrogens (tertiary/aromatic N) is 6. The van der Waals surface area contributed by atoms with E-state index in [0.717, 1.165) is 59.3 Å². The maximum absolute atomic E-state index is 15.3. The molecule has 4 bridgehead atoms. The number of hydrogen-bond acceptors (Lipinski definition) is 15. The molecule has 4 N–H and O–H groups in total. The van der Waals surface area contributed by atoms with Crippen molar-refractivity contribution in [2.45, 2.75) is 97.4 Å². The molecule has 4 saturated carbocycles. The molecule has 0 spiro atoms. The average molecular weight is 1150 g/mol. The number of carboxylic acids is 1. The zero-order chi connectivity index (χ0) is 58.1. The number of benzene rings is 3. The third-order valence-corrected chi connectivity index (χ3v) is 17.6. The fourth-order valence-corrected chi connectivity index (χ4v) is 15.2. The number of aromatic carboxylic acids is 1. The quantitative estimate of drug-likeness (QED) is 0.0348. The van der Waals surface area contributed by atoms with E-state index in [0.29, 0.717) is 76.2 Å². The van der Waals surface area contributed by atoms with Crippen molar-refractivity contribution in [1.82, 2.24) is 35.3 Å². The Hall–Kier alpha value is -8.08. The summed E-state index contributed by atoms with van der Waals surface area (Å²) in [6.45, 7) is 9.30. The van der Waals surface area contributed by atoms with Crippen LogP contribution in [0.1, 0.15) is 102 Å². The van der Waals surface area contributed by atoms with Gasteiger partial charge in [0.1, 0.15) is 30.6 Å². The Balaban J connectivity index is 0.671. The first-order valence-electron chi connectivity index (χ1n) is 28.0. The zero-order valence-corrected chi connectivity index (χ0v) is 47.4. The van der Waals surface area contributed by atoms with Crippen LogP contribution in [0.15, 0.2) is 91.1 Å². The number of thiazole rings is 1. The van der Waals surface area contributed by atoms with Crippen LogP contribution in [0.25, 0.3) is 21.3 Å². The van der Waals surface area contributed by atoms with Crippen LogP contribution in [-0.4, -0.2) is 124 Å². The second kappa shape index (κ2) is 23.3. The van der Waals surface area contributed by atoms with Crippen LogP contribution in [0.4, 0.5) is 20.1 Å². The molecule has 0 radical (unpaired) electrons. The topological polar surface area (TPSA) is 246 Å². The van der Waals surface area contributed by atoms with E-state index in [1.807, 2.05) is 59.0 Å². The molecule has 434 valence electrons. The SMILES string of the molecule is Cc1c(-c2ccc(N3CCc4c(F)ccc(C(=O)Nc5nc6ccccc6s5)c4C3)nc2C(=O)O)cnn1CC12CC3(C)CC(C)(C1)CC(OCCNC(=O)OCc1ccccc1OCCOCCNC(=O)CCN1C(=O)C=CC1=O)(C3)C2. The Bertz CT molecular complexity index is 3500. The number of hydrogen-bond donors (Lipinski definition) is 4. The fourth-order valence-electron chi connectivity index (χ4n) is 14.4. The molecule has 6 aliphatic rings. The number of pyridine rings is 1. The van der Waals surface area contributed by atoms with Gasteiger partial charge in [-0.3, -0.25) is 34.1 Å². The number of rotatable bonds is 23. The van der Waals surface area contributed by atoms with Crippen molar-refractivity contribution in [3.05, 3.63) is 131 Å². The largest absolute Gasteiger partial charge is 0.491 e. The number of nitrogens with one attached hydrogen (secondary N) is 3. The van der Waals surface area contributed by atoms with E-state index in [9.17, 15) is 33.9 Å². The summed E-state index contributed by atoms with van der Waals surface area (Å²) in [6, 6.07) is 21.2. The van der Waals surface area contributed by atoms with Gasteiger partial charge in [-0.2, -0.15) is 5.10 Å². The molecule has 20 nitrogen and oxygen atoms in total. The molecular formula is C61H66FN9O11S. The molecule has 12 rings (SSSR count). The lowest BCUT2D eigenvalue weighted by atomic mass is 9.39. The van der Waals surface area contributed by atoms with E-state index < -0.39 is 41.2 Å². The highest BCUT2D eigenvalue weighted by Crippen LogP contribution is 2.72. The van der Waals surface area contributed by atoms with Crippen LogP contribution < -0.4 is 25.6 Å². The summed E-state index contributed by atoms with van der Waals surface area (Å²) in [7, 11) is 0. The number of aromatic nitrogens is 4. The van der Waals surface area contributed by atoms with Crippen LogP contribution in [-0.2, 0) is 54.7 Å². The Kier molecular flexibility index (Phi) is 15.9. The Morgan fingerprint density at radius 3 is 2.35 bits per heavy atom. The molecule has 5 amide bonds. The smallest absolute Gasteiger partial charge is 0.407 e. The first-order chi connectivity index (χ1) is 39.9. The summed E-state index contributed by atoms with van der Waals surface area (Å²) in [4.78, 5) is 87.4. The van der Waals surface area contributed by atoms with Gasteiger partial charge in [-0.15, -0.1) is 0 Å². The molecule has 2 aliphatic heterocycles. The van der Waals surface area contributed by atoms with Crippen molar-refractivity contribution >= 4 is 68.2 Å². The number of imide groups is 1. The number of amides is 5. The number of alkyl carbamates (subject to hydrolysis) is 1. The molecule has 22 heteroatoms. The van der Waals surface area contributed by atoms with Gasteiger partial charge in [-0.25, -0.2) is 23.9 Å². The zero-order valence-electron chi connectivity index (χ0n) is 46.6. The van der Waals surface area contributed by atoms with Gasteiger partial charge >= 0.3 is 12.1 Å². The molecule has 83 heavy (non-hydrogen) atoms. The maximum atomic E-state index is 15.3. The van der Waals surface area contributed by atoms with Crippen molar-refractivity contribution in [2.75, 3.05) is 62.8 Å². The summed E-state index contributed by atoms with van der Waals surface area (Å²) in [6.07, 6.45) is 9.50. The lowest BCUT2D eigenvalue weighted by Gasteiger charge is -2.69. The Morgan fingerprint density at radius 1 is 0.807 bits per heavy atom. The normalized spacial score (nSPS) is 22.3. The van der Waals surface area contributed by atoms with E-state index >= 15 is 4.39 Å². The van der Waals surface area contributed by atoms with Gasteiger partial charge in [0.15, 0.2) is 10.8 Å². The number of para-hydroxylation sites is 2. The van der Waals surface area contributed by atoms with Crippen LogP contribution >= 0.6 is 11.3 Å².